The number of aromatic hydroxyl groups is 1. The number of amides is 1. The van der Waals surface area contributed by atoms with Gasteiger partial charge in [-0.2, -0.15) is 0 Å². The molecule has 6 heteroatoms. The lowest BCUT2D eigenvalue weighted by Crippen LogP contribution is -2.48. The average Bonchev–Trinajstić information content (AvgIpc) is 2.69. The van der Waals surface area contributed by atoms with Crippen LogP contribution >= 0.6 is 0 Å². The van der Waals surface area contributed by atoms with Crippen molar-refractivity contribution in [2.75, 3.05) is 14.2 Å². The van der Waals surface area contributed by atoms with Gasteiger partial charge in [0.2, 0.25) is 0 Å². The second-order valence-corrected chi connectivity index (χ2v) is 5.51. The van der Waals surface area contributed by atoms with Crippen molar-refractivity contribution < 1.29 is 24.5 Å². The lowest BCUT2D eigenvalue weighted by Gasteiger charge is -2.27. The summed E-state index contributed by atoms with van der Waals surface area (Å²) >= 11 is 0. The Labute approximate surface area is 130 Å². The Kier molecular flexibility index (Phi) is 5.63. The van der Waals surface area contributed by atoms with Crippen molar-refractivity contribution in [3.05, 3.63) is 23.8 Å². The monoisotopic (exact) mass is 309 g/mol. The maximum atomic E-state index is 12.3. The van der Waals surface area contributed by atoms with Gasteiger partial charge in [0.15, 0.2) is 0 Å². The molecule has 1 aromatic carbocycles. The molecule has 122 valence electrons. The van der Waals surface area contributed by atoms with Gasteiger partial charge in [0.1, 0.15) is 17.6 Å². The van der Waals surface area contributed by atoms with Gasteiger partial charge < -0.3 is 25.0 Å². The van der Waals surface area contributed by atoms with E-state index in [0.717, 1.165) is 19.3 Å². The van der Waals surface area contributed by atoms with Crippen molar-refractivity contribution in [2.24, 2.45) is 0 Å². The van der Waals surface area contributed by atoms with Gasteiger partial charge in [-0.15, -0.1) is 0 Å². The maximum absolute atomic E-state index is 12.3. The molecule has 22 heavy (non-hydrogen) atoms. The van der Waals surface area contributed by atoms with Gasteiger partial charge in [-0.25, -0.2) is 0 Å². The Balaban J connectivity index is 2.10. The molecule has 6 nitrogen and oxygen atoms in total. The third-order valence-electron chi connectivity index (χ3n) is 4.12. The summed E-state index contributed by atoms with van der Waals surface area (Å²) in [6.45, 7) is 0. The summed E-state index contributed by atoms with van der Waals surface area (Å²) in [5.74, 6) is -0.0905. The van der Waals surface area contributed by atoms with E-state index in [1.54, 1.807) is 13.2 Å². The highest BCUT2D eigenvalue weighted by Gasteiger charge is 2.31. The zero-order valence-corrected chi connectivity index (χ0v) is 12.9. The van der Waals surface area contributed by atoms with Crippen LogP contribution in [0.2, 0.25) is 0 Å². The summed E-state index contributed by atoms with van der Waals surface area (Å²) in [6, 6.07) is 4.11. The number of hydrogen-bond acceptors (Lipinski definition) is 5. The van der Waals surface area contributed by atoms with Gasteiger partial charge in [-0.05, 0) is 25.0 Å². The van der Waals surface area contributed by atoms with E-state index in [1.807, 2.05) is 0 Å². The van der Waals surface area contributed by atoms with Gasteiger partial charge in [0.25, 0.3) is 5.91 Å². The minimum atomic E-state index is -0.753. The number of ether oxygens (including phenoxy) is 2. The average molecular weight is 309 g/mol. The van der Waals surface area contributed by atoms with Gasteiger partial charge in [0, 0.05) is 13.2 Å². The molecule has 1 aliphatic rings. The van der Waals surface area contributed by atoms with Gasteiger partial charge in [-0.3, -0.25) is 4.79 Å². The predicted octanol–water partition coefficient (Wildman–Crippen LogP) is 1.45. The Morgan fingerprint density at radius 3 is 2.64 bits per heavy atom. The van der Waals surface area contributed by atoms with E-state index in [2.05, 4.69) is 5.32 Å². The van der Waals surface area contributed by atoms with Crippen molar-refractivity contribution in [1.29, 1.82) is 0 Å². The van der Waals surface area contributed by atoms with Crippen molar-refractivity contribution in [3.63, 3.8) is 0 Å². The second kappa shape index (κ2) is 7.47. The molecule has 1 saturated carbocycles. The number of aliphatic hydroxyl groups is 1. The number of carbonyl (C=O) groups is 1. The topological polar surface area (TPSA) is 88.0 Å². The number of rotatable bonds is 4. The zero-order valence-electron chi connectivity index (χ0n) is 12.9. The predicted molar refractivity (Wildman–Crippen MR) is 81.2 cm³/mol. The van der Waals surface area contributed by atoms with Crippen LogP contribution in [0.1, 0.15) is 36.0 Å². The van der Waals surface area contributed by atoms with E-state index in [-0.39, 0.29) is 23.5 Å². The van der Waals surface area contributed by atoms with E-state index in [4.69, 9.17) is 9.47 Å². The SMILES string of the molecule is COc1ccc(C(=O)N[C@@H]2CCCC[C@@H](OC)[C@@H]2O)c(O)c1. The Morgan fingerprint density at radius 1 is 1.27 bits per heavy atom. The number of phenolic OH excluding ortho intramolecular Hbond substituents is 1. The fourth-order valence-corrected chi connectivity index (χ4v) is 2.80. The minimum absolute atomic E-state index is 0.150. The molecule has 0 radical (unpaired) electrons. The van der Waals surface area contributed by atoms with Gasteiger partial charge in [-0.1, -0.05) is 12.8 Å². The third-order valence-corrected chi connectivity index (χ3v) is 4.12. The number of carbonyl (C=O) groups excluding carboxylic acids is 1. The van der Waals surface area contributed by atoms with Crippen molar-refractivity contribution in [1.82, 2.24) is 5.32 Å². The fraction of sp³-hybridized carbons (Fsp3) is 0.562. The van der Waals surface area contributed by atoms with Crippen LogP contribution in [0.25, 0.3) is 0 Å². The molecular weight excluding hydrogens is 286 g/mol. The van der Waals surface area contributed by atoms with Gasteiger partial charge in [0.05, 0.1) is 24.8 Å². The van der Waals surface area contributed by atoms with Crippen LogP contribution in [0.15, 0.2) is 18.2 Å². The van der Waals surface area contributed by atoms with Crippen LogP contribution < -0.4 is 10.1 Å². The smallest absolute Gasteiger partial charge is 0.255 e. The second-order valence-electron chi connectivity index (χ2n) is 5.51. The maximum Gasteiger partial charge on any atom is 0.255 e. The van der Waals surface area contributed by atoms with Crippen molar-refractivity contribution in [2.45, 2.75) is 43.9 Å². The summed E-state index contributed by atoms with van der Waals surface area (Å²) in [7, 11) is 3.05. The Morgan fingerprint density at radius 2 is 2.00 bits per heavy atom. The molecule has 1 aromatic rings. The molecule has 1 aliphatic carbocycles. The highest BCUT2D eigenvalue weighted by atomic mass is 16.5. The van der Waals surface area contributed by atoms with E-state index < -0.39 is 12.0 Å². The first-order chi connectivity index (χ1) is 10.6. The number of hydrogen-bond donors (Lipinski definition) is 3. The van der Waals surface area contributed by atoms with E-state index in [9.17, 15) is 15.0 Å². The normalized spacial score (nSPS) is 25.3. The molecule has 1 fully saturated rings. The quantitative estimate of drug-likeness (QED) is 0.733. The van der Waals surface area contributed by atoms with Crippen LogP contribution in [0.4, 0.5) is 0 Å². The van der Waals surface area contributed by atoms with E-state index >= 15 is 0 Å². The summed E-state index contributed by atoms with van der Waals surface area (Å²) in [4.78, 5) is 12.3. The molecule has 0 bridgehead atoms. The first-order valence-electron chi connectivity index (χ1n) is 7.45. The summed E-state index contributed by atoms with van der Waals surface area (Å²) in [6.07, 6.45) is 2.29. The van der Waals surface area contributed by atoms with E-state index in [1.165, 1.54) is 19.2 Å². The third kappa shape index (κ3) is 3.69. The molecule has 3 atom stereocenters. The minimum Gasteiger partial charge on any atom is -0.507 e. The number of benzene rings is 1. The van der Waals surface area contributed by atoms with Crippen LogP contribution in [0.5, 0.6) is 11.5 Å². The molecular formula is C16H23NO5. The number of methoxy groups -OCH3 is 2. The molecule has 2 rings (SSSR count). The van der Waals surface area contributed by atoms with Crippen LogP contribution in [0.3, 0.4) is 0 Å². The Hall–Kier alpha value is -1.79. The molecule has 1 amide bonds. The van der Waals surface area contributed by atoms with Crippen LogP contribution in [-0.4, -0.2) is 48.6 Å². The molecule has 0 aromatic heterocycles. The summed E-state index contributed by atoms with van der Waals surface area (Å²) in [5.41, 5.74) is 0.159. The highest BCUT2D eigenvalue weighted by molar-refractivity contribution is 5.97. The number of nitrogens with one attached hydrogen (secondary N) is 1. The first kappa shape index (κ1) is 16.6. The molecule has 0 aliphatic heterocycles. The molecule has 3 N–H and O–H groups in total. The van der Waals surface area contributed by atoms with Crippen molar-refractivity contribution >= 4 is 5.91 Å². The lowest BCUT2D eigenvalue weighted by atomic mass is 10.0. The largest absolute Gasteiger partial charge is 0.507 e. The molecule has 0 heterocycles. The lowest BCUT2D eigenvalue weighted by molar-refractivity contribution is -0.0277. The Bertz CT molecular complexity index is 519. The molecule has 0 saturated heterocycles. The first-order valence-corrected chi connectivity index (χ1v) is 7.45. The highest BCUT2D eigenvalue weighted by Crippen LogP contribution is 2.25. The number of aliphatic hydroxyl groups excluding tert-OH is 1. The van der Waals surface area contributed by atoms with Crippen LogP contribution in [0, 0.1) is 0 Å². The zero-order chi connectivity index (χ0) is 16.1. The number of phenols is 1. The standard InChI is InChI=1S/C16H23NO5/c1-21-10-7-8-11(13(18)9-10)16(20)17-12-5-3-4-6-14(22-2)15(12)19/h7-9,12,14-15,18-19H,3-6H2,1-2H3,(H,17,20)/t12-,14-,15-/m1/s1. The molecule has 0 spiro atoms. The fourth-order valence-electron chi connectivity index (χ4n) is 2.80. The molecule has 0 unspecified atom stereocenters. The van der Waals surface area contributed by atoms with Crippen molar-refractivity contribution in [3.8, 4) is 11.5 Å². The van der Waals surface area contributed by atoms with E-state index in [0.29, 0.717) is 12.2 Å². The summed E-state index contributed by atoms with van der Waals surface area (Å²) in [5, 5.41) is 23.0. The van der Waals surface area contributed by atoms with Gasteiger partial charge >= 0.3 is 0 Å². The summed E-state index contributed by atoms with van der Waals surface area (Å²) < 4.78 is 10.3. The van der Waals surface area contributed by atoms with Crippen LogP contribution in [-0.2, 0) is 4.74 Å².